The van der Waals surface area contributed by atoms with Gasteiger partial charge in [0.25, 0.3) is 0 Å². The molecule has 7 nitrogen and oxygen atoms in total. The zero-order chi connectivity index (χ0) is 12.4. The highest BCUT2D eigenvalue weighted by molar-refractivity contribution is 8.00. The van der Waals surface area contributed by atoms with Crippen molar-refractivity contribution in [3.8, 4) is 0 Å². The van der Waals surface area contributed by atoms with Gasteiger partial charge in [-0.15, -0.1) is 5.10 Å². The minimum atomic E-state index is -0.326. The number of nitrogens with two attached hydrogens (primary N) is 1. The van der Waals surface area contributed by atoms with Gasteiger partial charge in [0.05, 0.1) is 5.25 Å². The molecule has 94 valence electrons. The molecule has 2 rings (SSSR count). The summed E-state index contributed by atoms with van der Waals surface area (Å²) in [6.45, 7) is 1.89. The maximum atomic E-state index is 11.5. The van der Waals surface area contributed by atoms with E-state index in [2.05, 4.69) is 15.6 Å². The van der Waals surface area contributed by atoms with Gasteiger partial charge in [-0.3, -0.25) is 14.8 Å². The molecule has 0 aromatic carbocycles. The first-order valence-electron chi connectivity index (χ1n) is 5.51. The number of hydrogen-bond donors (Lipinski definition) is 3. The molecule has 1 amide bonds. The second-order valence-corrected chi connectivity index (χ2v) is 5.11. The Bertz CT molecular complexity index is 464. The lowest BCUT2D eigenvalue weighted by molar-refractivity contribution is -0.120. The largest absolute Gasteiger partial charge is 0.344 e. The summed E-state index contributed by atoms with van der Waals surface area (Å²) in [5.41, 5.74) is 1.91. The molecular weight excluding hydrogens is 242 g/mol. The van der Waals surface area contributed by atoms with Crippen molar-refractivity contribution in [1.29, 1.82) is 0 Å². The molecule has 0 bridgehead atoms. The van der Waals surface area contributed by atoms with E-state index in [0.717, 1.165) is 12.8 Å². The number of hydrogen-bond acceptors (Lipinski definition) is 5. The number of H-pyrrole nitrogens is 1. The first kappa shape index (κ1) is 12.2. The van der Waals surface area contributed by atoms with Crippen molar-refractivity contribution in [2.75, 3.05) is 0 Å². The average molecular weight is 257 g/mol. The van der Waals surface area contributed by atoms with Crippen LogP contribution in [-0.2, 0) is 4.79 Å². The van der Waals surface area contributed by atoms with Crippen LogP contribution in [0.25, 0.3) is 0 Å². The van der Waals surface area contributed by atoms with Crippen LogP contribution in [0.2, 0.25) is 0 Å². The van der Waals surface area contributed by atoms with Gasteiger partial charge in [-0.2, -0.15) is 0 Å². The molecular formula is C9H15N5O2S. The molecule has 1 aromatic heterocycles. The zero-order valence-electron chi connectivity index (χ0n) is 9.47. The third kappa shape index (κ3) is 2.52. The molecule has 0 aliphatic heterocycles. The van der Waals surface area contributed by atoms with Gasteiger partial charge in [-0.1, -0.05) is 18.7 Å². The fourth-order valence-corrected chi connectivity index (χ4v) is 2.61. The summed E-state index contributed by atoms with van der Waals surface area (Å²) < 4.78 is 1.62. The number of carbonyl (C=O) groups is 1. The highest BCUT2D eigenvalue weighted by Crippen LogP contribution is 2.37. The fraction of sp³-hybridized carbons (Fsp3) is 0.667. The number of rotatable bonds is 5. The van der Waals surface area contributed by atoms with Crippen LogP contribution in [0.1, 0.15) is 32.2 Å². The number of aromatic amines is 1. The molecule has 0 spiro atoms. The Kier molecular flexibility index (Phi) is 3.53. The Morgan fingerprint density at radius 1 is 1.76 bits per heavy atom. The molecule has 8 heteroatoms. The first-order chi connectivity index (χ1) is 8.17. The molecule has 1 aliphatic carbocycles. The number of amides is 1. The summed E-state index contributed by atoms with van der Waals surface area (Å²) in [6.07, 6.45) is 2.61. The number of hydrazine groups is 1. The highest BCUT2D eigenvalue weighted by atomic mass is 32.2. The van der Waals surface area contributed by atoms with E-state index in [9.17, 15) is 9.59 Å². The van der Waals surface area contributed by atoms with Gasteiger partial charge in [-0.25, -0.2) is 15.7 Å². The maximum Gasteiger partial charge on any atom is 0.344 e. The van der Waals surface area contributed by atoms with Crippen LogP contribution < -0.4 is 17.0 Å². The Hall–Kier alpha value is -1.28. The third-order valence-corrected chi connectivity index (χ3v) is 3.97. The van der Waals surface area contributed by atoms with Crippen LogP contribution in [0.5, 0.6) is 0 Å². The molecule has 1 aliphatic rings. The highest BCUT2D eigenvalue weighted by Gasteiger charge is 2.30. The Morgan fingerprint density at radius 2 is 2.47 bits per heavy atom. The molecule has 17 heavy (non-hydrogen) atoms. The van der Waals surface area contributed by atoms with E-state index >= 15 is 0 Å². The Morgan fingerprint density at radius 3 is 3.00 bits per heavy atom. The lowest BCUT2D eigenvalue weighted by atomic mass is 10.3. The van der Waals surface area contributed by atoms with Gasteiger partial charge in [0.2, 0.25) is 5.91 Å². The molecule has 0 saturated heterocycles. The first-order valence-corrected chi connectivity index (χ1v) is 6.39. The van der Waals surface area contributed by atoms with Gasteiger partial charge in [0.1, 0.15) is 0 Å². The molecule has 1 fully saturated rings. The minimum absolute atomic E-state index is 0.210. The van der Waals surface area contributed by atoms with Gasteiger partial charge in [-0.05, 0) is 19.3 Å². The summed E-state index contributed by atoms with van der Waals surface area (Å²) in [5, 5.41) is 6.60. The van der Waals surface area contributed by atoms with Crippen molar-refractivity contribution in [2.24, 2.45) is 5.84 Å². The van der Waals surface area contributed by atoms with Gasteiger partial charge in [0.15, 0.2) is 5.16 Å². The summed E-state index contributed by atoms with van der Waals surface area (Å²) >= 11 is 1.27. The standard InChI is InChI=1S/C9H15N5O2S/c1-2-6(7(15)11-10)17-9-13-12-8(16)14(9)5-3-4-5/h5-6H,2-4,10H2,1H3,(H,11,15)(H,12,16). The van der Waals surface area contributed by atoms with Crippen molar-refractivity contribution >= 4 is 17.7 Å². The molecule has 1 saturated carbocycles. The summed E-state index contributed by atoms with van der Waals surface area (Å²) in [6, 6.07) is 0.238. The zero-order valence-corrected chi connectivity index (χ0v) is 10.3. The normalized spacial score (nSPS) is 16.8. The van der Waals surface area contributed by atoms with Crippen molar-refractivity contribution in [1.82, 2.24) is 20.2 Å². The smallest absolute Gasteiger partial charge is 0.293 e. The van der Waals surface area contributed by atoms with Gasteiger partial charge in [0, 0.05) is 6.04 Å². The second kappa shape index (κ2) is 4.92. The quantitative estimate of drug-likeness (QED) is 0.292. The number of carbonyl (C=O) groups excluding carboxylic acids is 1. The van der Waals surface area contributed by atoms with Gasteiger partial charge < -0.3 is 0 Å². The van der Waals surface area contributed by atoms with Crippen LogP contribution in [-0.4, -0.2) is 25.9 Å². The topological polar surface area (TPSA) is 106 Å². The molecule has 1 heterocycles. The predicted molar refractivity (Wildman–Crippen MR) is 63.4 cm³/mol. The van der Waals surface area contributed by atoms with E-state index in [1.165, 1.54) is 11.8 Å². The molecule has 1 unspecified atom stereocenters. The predicted octanol–water partition coefficient (Wildman–Crippen LogP) is -0.233. The third-order valence-electron chi connectivity index (χ3n) is 2.64. The lowest BCUT2D eigenvalue weighted by Crippen LogP contribution is -2.37. The van der Waals surface area contributed by atoms with Crippen molar-refractivity contribution in [3.63, 3.8) is 0 Å². The lowest BCUT2D eigenvalue weighted by Gasteiger charge is -2.11. The number of thioether (sulfide) groups is 1. The number of nitrogens with zero attached hydrogens (tertiary/aromatic N) is 2. The van der Waals surface area contributed by atoms with Gasteiger partial charge >= 0.3 is 5.69 Å². The van der Waals surface area contributed by atoms with E-state index in [1.54, 1.807) is 4.57 Å². The molecule has 0 radical (unpaired) electrons. The van der Waals surface area contributed by atoms with Crippen LogP contribution in [0, 0.1) is 0 Å². The summed E-state index contributed by atoms with van der Waals surface area (Å²) in [5.74, 6) is 4.85. The molecule has 1 atom stereocenters. The summed E-state index contributed by atoms with van der Waals surface area (Å²) in [7, 11) is 0. The van der Waals surface area contributed by atoms with E-state index in [4.69, 9.17) is 5.84 Å². The number of aromatic nitrogens is 3. The second-order valence-electron chi connectivity index (χ2n) is 3.94. The van der Waals surface area contributed by atoms with Crippen molar-refractivity contribution < 1.29 is 4.79 Å². The van der Waals surface area contributed by atoms with Crippen LogP contribution in [0.3, 0.4) is 0 Å². The molecule has 1 aromatic rings. The van der Waals surface area contributed by atoms with E-state index < -0.39 is 0 Å². The van der Waals surface area contributed by atoms with Crippen LogP contribution >= 0.6 is 11.8 Å². The Balaban J connectivity index is 2.17. The monoisotopic (exact) mass is 257 g/mol. The minimum Gasteiger partial charge on any atom is -0.293 e. The Labute approximate surface area is 102 Å². The van der Waals surface area contributed by atoms with Crippen molar-refractivity contribution in [2.45, 2.75) is 42.6 Å². The van der Waals surface area contributed by atoms with Crippen LogP contribution in [0.15, 0.2) is 9.95 Å². The van der Waals surface area contributed by atoms with E-state index in [1.807, 2.05) is 6.92 Å². The average Bonchev–Trinajstić information content (AvgIpc) is 3.10. The van der Waals surface area contributed by atoms with E-state index in [0.29, 0.717) is 11.6 Å². The summed E-state index contributed by atoms with van der Waals surface area (Å²) in [4.78, 5) is 23.0. The fourth-order valence-electron chi connectivity index (χ4n) is 1.57. The van der Waals surface area contributed by atoms with E-state index in [-0.39, 0.29) is 22.9 Å². The number of nitrogens with one attached hydrogen (secondary N) is 2. The maximum absolute atomic E-state index is 11.5. The SMILES string of the molecule is CCC(Sc1n[nH]c(=O)n1C1CC1)C(=O)NN. The molecule has 4 N–H and O–H groups in total. The van der Waals surface area contributed by atoms with Crippen LogP contribution in [0.4, 0.5) is 0 Å². The van der Waals surface area contributed by atoms with Crippen molar-refractivity contribution in [3.05, 3.63) is 10.5 Å².